The number of aromatic hydroxyl groups is 1. The fourth-order valence-corrected chi connectivity index (χ4v) is 9.37. The molecule has 2 aromatic rings. The van der Waals surface area contributed by atoms with Crippen LogP contribution in [0.4, 0.5) is 0 Å². The molecule has 2 aromatic carbocycles. The standard InChI is InChI=1S/C31H39NO4/c1-4-30-18-29(2,26(34)20-8-6-5-7-9-20)27(35-3)28-31(30)14-15-32(17-19-10-11-19)23(30)16-21-12-13-22(33)25(36-28)24(21)31/h5-9,12-13,19,23,26-28,33-34H,4,10-11,14-18H2,1-3H3. The van der Waals surface area contributed by atoms with E-state index in [1.165, 1.54) is 30.5 Å². The molecule has 192 valence electrons. The first-order valence-electron chi connectivity index (χ1n) is 13.9. The predicted molar refractivity (Wildman–Crippen MR) is 138 cm³/mol. The Morgan fingerprint density at radius 1 is 1.17 bits per heavy atom. The third-order valence-corrected chi connectivity index (χ3v) is 11.0. The summed E-state index contributed by atoms with van der Waals surface area (Å²) >= 11 is 0. The summed E-state index contributed by atoms with van der Waals surface area (Å²) in [5.74, 6) is 1.74. The molecular weight excluding hydrogens is 450 g/mol. The lowest BCUT2D eigenvalue weighted by atomic mass is 9.38. The SMILES string of the molecule is CCC12CC(C)(C(O)c3ccccc3)C(OC)C3Oc4c(O)ccc5c4C31CCN(CC1CC1)C2C5. The highest BCUT2D eigenvalue weighted by Gasteiger charge is 2.76. The van der Waals surface area contributed by atoms with E-state index in [-0.39, 0.29) is 28.8 Å². The number of benzene rings is 2. The van der Waals surface area contributed by atoms with Crippen LogP contribution in [0.25, 0.3) is 0 Å². The van der Waals surface area contributed by atoms with Crippen molar-refractivity contribution < 1.29 is 19.7 Å². The molecule has 2 N–H and O–H groups in total. The van der Waals surface area contributed by atoms with Crippen molar-refractivity contribution >= 4 is 0 Å². The van der Waals surface area contributed by atoms with Gasteiger partial charge in [-0.1, -0.05) is 50.2 Å². The minimum atomic E-state index is -0.677. The summed E-state index contributed by atoms with van der Waals surface area (Å²) in [6.45, 7) is 6.80. The van der Waals surface area contributed by atoms with Gasteiger partial charge in [-0.15, -0.1) is 0 Å². The number of piperidine rings is 1. The molecule has 2 saturated carbocycles. The minimum Gasteiger partial charge on any atom is -0.504 e. The number of hydrogen-bond donors (Lipinski definition) is 2. The quantitative estimate of drug-likeness (QED) is 0.599. The molecule has 5 heteroatoms. The second-order valence-electron chi connectivity index (χ2n) is 12.5. The van der Waals surface area contributed by atoms with Crippen LogP contribution in [0.2, 0.25) is 0 Å². The van der Waals surface area contributed by atoms with Crippen molar-refractivity contribution in [1.82, 2.24) is 4.90 Å². The first-order valence-corrected chi connectivity index (χ1v) is 13.9. The lowest BCUT2D eigenvalue weighted by Crippen LogP contribution is -2.76. The fraction of sp³-hybridized carbons (Fsp3) is 0.613. The van der Waals surface area contributed by atoms with Gasteiger partial charge in [0, 0.05) is 41.5 Å². The molecule has 7 atom stereocenters. The molecule has 2 heterocycles. The van der Waals surface area contributed by atoms with Gasteiger partial charge < -0.3 is 19.7 Å². The molecule has 0 radical (unpaired) electrons. The van der Waals surface area contributed by atoms with Crippen LogP contribution in [0, 0.1) is 16.7 Å². The van der Waals surface area contributed by atoms with Gasteiger partial charge in [-0.05, 0) is 68.2 Å². The molecule has 7 rings (SSSR count). The van der Waals surface area contributed by atoms with Gasteiger partial charge in [-0.3, -0.25) is 4.90 Å². The Hall–Kier alpha value is -2.08. The van der Waals surface area contributed by atoms with Crippen LogP contribution < -0.4 is 4.74 Å². The van der Waals surface area contributed by atoms with Crippen LogP contribution in [0.15, 0.2) is 42.5 Å². The van der Waals surface area contributed by atoms with Crippen molar-refractivity contribution in [2.24, 2.45) is 16.7 Å². The van der Waals surface area contributed by atoms with Gasteiger partial charge >= 0.3 is 0 Å². The highest BCUT2D eigenvalue weighted by molar-refractivity contribution is 5.62. The van der Waals surface area contributed by atoms with Crippen LogP contribution in [-0.4, -0.2) is 53.6 Å². The van der Waals surface area contributed by atoms with E-state index in [0.29, 0.717) is 11.8 Å². The lowest BCUT2D eigenvalue weighted by molar-refractivity contribution is -0.239. The average Bonchev–Trinajstić information content (AvgIpc) is 3.64. The topological polar surface area (TPSA) is 62.2 Å². The Bertz CT molecular complexity index is 1180. The predicted octanol–water partition coefficient (Wildman–Crippen LogP) is 4.99. The number of likely N-dealkylation sites (tertiary alicyclic amines) is 1. The number of ether oxygens (including phenoxy) is 2. The van der Waals surface area contributed by atoms with Crippen LogP contribution in [0.5, 0.6) is 11.5 Å². The number of phenolic OH excluding ortho intramolecular Hbond substituents is 1. The van der Waals surface area contributed by atoms with Gasteiger partial charge in [-0.25, -0.2) is 0 Å². The number of hydrogen-bond acceptors (Lipinski definition) is 5. The van der Waals surface area contributed by atoms with Gasteiger partial charge in [-0.2, -0.15) is 0 Å². The second-order valence-corrected chi connectivity index (χ2v) is 12.5. The van der Waals surface area contributed by atoms with Gasteiger partial charge in [0.15, 0.2) is 11.5 Å². The summed E-state index contributed by atoms with van der Waals surface area (Å²) in [4.78, 5) is 2.79. The summed E-state index contributed by atoms with van der Waals surface area (Å²) in [6.07, 6.45) is 5.35. The third-order valence-electron chi connectivity index (χ3n) is 11.0. The van der Waals surface area contributed by atoms with Gasteiger partial charge in [0.05, 0.1) is 6.10 Å². The largest absolute Gasteiger partial charge is 0.504 e. The molecule has 1 spiro atoms. The number of aliphatic hydroxyl groups is 1. The van der Waals surface area contributed by atoms with Gasteiger partial charge in [0.1, 0.15) is 12.2 Å². The van der Waals surface area contributed by atoms with Crippen molar-refractivity contribution in [3.05, 3.63) is 59.2 Å². The zero-order chi connectivity index (χ0) is 24.9. The van der Waals surface area contributed by atoms with E-state index in [2.05, 4.69) is 24.8 Å². The van der Waals surface area contributed by atoms with Crippen LogP contribution in [-0.2, 0) is 16.6 Å². The van der Waals surface area contributed by atoms with Crippen LogP contribution in [0.3, 0.4) is 0 Å². The Morgan fingerprint density at radius 2 is 1.94 bits per heavy atom. The maximum absolute atomic E-state index is 12.0. The van der Waals surface area contributed by atoms with Gasteiger partial charge in [0.2, 0.25) is 0 Å². The Labute approximate surface area is 214 Å². The minimum absolute atomic E-state index is 0.0730. The second kappa shape index (κ2) is 7.72. The number of rotatable bonds is 6. The molecule has 2 aliphatic heterocycles. The number of phenols is 1. The summed E-state index contributed by atoms with van der Waals surface area (Å²) in [7, 11) is 1.77. The van der Waals surface area contributed by atoms with E-state index >= 15 is 0 Å². The highest BCUT2D eigenvalue weighted by atomic mass is 16.5. The molecule has 2 bridgehead atoms. The first kappa shape index (κ1) is 23.1. The maximum atomic E-state index is 12.0. The first-order chi connectivity index (χ1) is 17.4. The fourth-order valence-electron chi connectivity index (χ4n) is 9.37. The molecule has 5 aliphatic rings. The van der Waals surface area contributed by atoms with Crippen molar-refractivity contribution in [3.8, 4) is 11.5 Å². The Kier molecular flexibility index (Phi) is 4.95. The molecular formula is C31H39NO4. The Morgan fingerprint density at radius 3 is 2.64 bits per heavy atom. The summed E-state index contributed by atoms with van der Waals surface area (Å²) in [5, 5.41) is 23.0. The number of methoxy groups -OCH3 is 1. The van der Waals surface area contributed by atoms with Crippen molar-refractivity contribution in [2.75, 3.05) is 20.2 Å². The molecule has 0 aromatic heterocycles. The zero-order valence-electron chi connectivity index (χ0n) is 21.7. The molecule has 36 heavy (non-hydrogen) atoms. The molecule has 5 nitrogen and oxygen atoms in total. The van der Waals surface area contributed by atoms with Crippen molar-refractivity contribution in [1.29, 1.82) is 0 Å². The van der Waals surface area contributed by atoms with E-state index in [4.69, 9.17) is 9.47 Å². The zero-order valence-corrected chi connectivity index (χ0v) is 21.7. The monoisotopic (exact) mass is 489 g/mol. The highest BCUT2D eigenvalue weighted by Crippen LogP contribution is 2.74. The van der Waals surface area contributed by atoms with Crippen LogP contribution >= 0.6 is 0 Å². The Balaban J connectivity index is 1.45. The average molecular weight is 490 g/mol. The van der Waals surface area contributed by atoms with E-state index in [1.807, 2.05) is 36.4 Å². The van der Waals surface area contributed by atoms with E-state index in [1.54, 1.807) is 7.11 Å². The lowest BCUT2D eigenvalue weighted by Gasteiger charge is -2.70. The summed E-state index contributed by atoms with van der Waals surface area (Å²) < 4.78 is 13.2. The molecule has 3 aliphatic carbocycles. The third kappa shape index (κ3) is 2.72. The van der Waals surface area contributed by atoms with Crippen molar-refractivity contribution in [2.45, 2.75) is 82.1 Å². The molecule has 1 saturated heterocycles. The molecule has 7 unspecified atom stereocenters. The van der Waals surface area contributed by atoms with E-state index in [9.17, 15) is 10.2 Å². The smallest absolute Gasteiger partial charge is 0.165 e. The van der Waals surface area contributed by atoms with E-state index < -0.39 is 11.5 Å². The number of nitrogens with zero attached hydrogens (tertiary/aromatic N) is 1. The molecule has 3 fully saturated rings. The molecule has 0 amide bonds. The normalized spacial score (nSPS) is 39.4. The van der Waals surface area contributed by atoms with E-state index in [0.717, 1.165) is 43.7 Å². The summed E-state index contributed by atoms with van der Waals surface area (Å²) in [5.41, 5.74) is 2.67. The van der Waals surface area contributed by atoms with Crippen LogP contribution in [0.1, 0.15) is 68.7 Å². The number of aliphatic hydroxyl groups excluding tert-OH is 1. The van der Waals surface area contributed by atoms with Crippen molar-refractivity contribution in [3.63, 3.8) is 0 Å². The summed E-state index contributed by atoms with van der Waals surface area (Å²) in [6, 6.07) is 14.4. The van der Waals surface area contributed by atoms with Gasteiger partial charge in [0.25, 0.3) is 0 Å². The maximum Gasteiger partial charge on any atom is 0.165 e.